The third-order valence-corrected chi connectivity index (χ3v) is 2.82. The fraction of sp³-hybridized carbons (Fsp3) is 1.00. The molecule has 0 radical (unpaired) electrons. The molecule has 0 saturated heterocycles. The first-order valence-electron chi connectivity index (χ1n) is 6.32. The van der Waals surface area contributed by atoms with Crippen molar-refractivity contribution in [3.05, 3.63) is 0 Å². The van der Waals surface area contributed by atoms with Crippen LogP contribution in [0.25, 0.3) is 0 Å². The van der Waals surface area contributed by atoms with Gasteiger partial charge in [-0.1, -0.05) is 27.7 Å². The second-order valence-electron chi connectivity index (χ2n) is 5.50. The van der Waals surface area contributed by atoms with Crippen LogP contribution in [0.2, 0.25) is 0 Å². The fourth-order valence-electron chi connectivity index (χ4n) is 2.02. The Morgan fingerprint density at radius 2 is 1.47 bits per heavy atom. The molecule has 0 aromatic carbocycles. The molecule has 15 heavy (non-hydrogen) atoms. The molecule has 0 heterocycles. The molecule has 2 nitrogen and oxygen atoms in total. The zero-order valence-corrected chi connectivity index (χ0v) is 11.5. The average molecular weight is 214 g/mol. The van der Waals surface area contributed by atoms with Gasteiger partial charge in [0, 0.05) is 19.1 Å². The van der Waals surface area contributed by atoms with E-state index in [1.807, 2.05) is 7.05 Å². The Bertz CT molecular complexity index is 133. The van der Waals surface area contributed by atoms with Crippen LogP contribution in [0, 0.1) is 11.8 Å². The molecule has 0 aliphatic carbocycles. The second-order valence-corrected chi connectivity index (χ2v) is 5.50. The number of likely N-dealkylation sites (N-methyl/N-ethyl adjacent to an activating group) is 2. The van der Waals surface area contributed by atoms with E-state index < -0.39 is 0 Å². The van der Waals surface area contributed by atoms with Crippen molar-refractivity contribution in [1.82, 2.24) is 10.2 Å². The molecule has 0 rings (SSSR count). The first kappa shape index (κ1) is 14.9. The van der Waals surface area contributed by atoms with Gasteiger partial charge in [0.25, 0.3) is 0 Å². The van der Waals surface area contributed by atoms with Gasteiger partial charge in [-0.25, -0.2) is 0 Å². The Kier molecular flexibility index (Phi) is 8.07. The summed E-state index contributed by atoms with van der Waals surface area (Å²) in [6.07, 6.45) is 2.64. The summed E-state index contributed by atoms with van der Waals surface area (Å²) in [6, 6.07) is 0.748. The molecule has 0 aliphatic heterocycles. The van der Waals surface area contributed by atoms with Gasteiger partial charge < -0.3 is 10.2 Å². The molecule has 0 aliphatic rings. The second kappa shape index (κ2) is 8.12. The van der Waals surface area contributed by atoms with Crippen molar-refractivity contribution in [2.75, 3.05) is 27.2 Å². The van der Waals surface area contributed by atoms with Gasteiger partial charge >= 0.3 is 0 Å². The van der Waals surface area contributed by atoms with Gasteiger partial charge in [-0.15, -0.1) is 0 Å². The molecule has 0 bridgehead atoms. The van der Waals surface area contributed by atoms with Gasteiger partial charge in [-0.3, -0.25) is 0 Å². The zero-order valence-electron chi connectivity index (χ0n) is 11.5. The summed E-state index contributed by atoms with van der Waals surface area (Å²) < 4.78 is 0. The summed E-state index contributed by atoms with van der Waals surface area (Å²) >= 11 is 0. The smallest absolute Gasteiger partial charge is 0.0107 e. The van der Waals surface area contributed by atoms with E-state index in [-0.39, 0.29) is 0 Å². The van der Waals surface area contributed by atoms with E-state index in [9.17, 15) is 0 Å². The quantitative estimate of drug-likeness (QED) is 0.668. The van der Waals surface area contributed by atoms with Crippen LogP contribution in [-0.4, -0.2) is 38.1 Å². The molecule has 2 heteroatoms. The van der Waals surface area contributed by atoms with E-state index in [1.54, 1.807) is 0 Å². The fourth-order valence-corrected chi connectivity index (χ4v) is 2.02. The molecular formula is C13H30N2. The summed E-state index contributed by atoms with van der Waals surface area (Å²) in [5.74, 6) is 1.59. The summed E-state index contributed by atoms with van der Waals surface area (Å²) in [6.45, 7) is 11.5. The highest BCUT2D eigenvalue weighted by Gasteiger charge is 2.16. The van der Waals surface area contributed by atoms with Gasteiger partial charge in [0.15, 0.2) is 0 Å². The van der Waals surface area contributed by atoms with Crippen molar-refractivity contribution in [2.45, 2.75) is 46.6 Å². The van der Waals surface area contributed by atoms with Gasteiger partial charge in [0.1, 0.15) is 0 Å². The average Bonchev–Trinajstić information content (AvgIpc) is 2.11. The Labute approximate surface area is 96.4 Å². The van der Waals surface area contributed by atoms with Crippen LogP contribution in [0.5, 0.6) is 0 Å². The van der Waals surface area contributed by atoms with Crippen molar-refractivity contribution in [2.24, 2.45) is 11.8 Å². The monoisotopic (exact) mass is 214 g/mol. The highest BCUT2D eigenvalue weighted by Crippen LogP contribution is 2.17. The lowest BCUT2D eigenvalue weighted by Gasteiger charge is -2.30. The van der Waals surface area contributed by atoms with Crippen LogP contribution >= 0.6 is 0 Å². The Balaban J connectivity index is 4.07. The SMILES string of the molecule is CNCCN(C)C(CC(C)C)CC(C)C. The number of hydrogen-bond acceptors (Lipinski definition) is 2. The van der Waals surface area contributed by atoms with Crippen LogP contribution in [0.3, 0.4) is 0 Å². The maximum absolute atomic E-state index is 3.22. The predicted octanol–water partition coefficient (Wildman–Crippen LogP) is 2.60. The van der Waals surface area contributed by atoms with Crippen LogP contribution in [-0.2, 0) is 0 Å². The van der Waals surface area contributed by atoms with Crippen LogP contribution in [0.4, 0.5) is 0 Å². The number of nitrogens with one attached hydrogen (secondary N) is 1. The molecule has 0 atom stereocenters. The summed E-state index contributed by atoms with van der Waals surface area (Å²) in [5, 5.41) is 3.22. The normalized spacial score (nSPS) is 12.4. The molecular weight excluding hydrogens is 184 g/mol. The topological polar surface area (TPSA) is 15.3 Å². The summed E-state index contributed by atoms with van der Waals surface area (Å²) in [7, 11) is 4.28. The Hall–Kier alpha value is -0.0800. The first-order chi connectivity index (χ1) is 6.97. The van der Waals surface area contributed by atoms with E-state index in [0.717, 1.165) is 31.0 Å². The molecule has 0 spiro atoms. The summed E-state index contributed by atoms with van der Waals surface area (Å²) in [4.78, 5) is 2.51. The van der Waals surface area contributed by atoms with Crippen molar-refractivity contribution < 1.29 is 0 Å². The lowest BCUT2D eigenvalue weighted by atomic mass is 9.94. The molecule has 92 valence electrons. The molecule has 0 saturated carbocycles. The van der Waals surface area contributed by atoms with E-state index in [1.165, 1.54) is 12.8 Å². The van der Waals surface area contributed by atoms with Crippen molar-refractivity contribution >= 4 is 0 Å². The highest BCUT2D eigenvalue weighted by molar-refractivity contribution is 4.72. The molecule has 0 fully saturated rings. The molecule has 0 unspecified atom stereocenters. The van der Waals surface area contributed by atoms with Crippen LogP contribution in [0.15, 0.2) is 0 Å². The van der Waals surface area contributed by atoms with Crippen molar-refractivity contribution in [1.29, 1.82) is 0 Å². The third kappa shape index (κ3) is 7.80. The Morgan fingerprint density at radius 1 is 1.00 bits per heavy atom. The Morgan fingerprint density at radius 3 is 1.80 bits per heavy atom. The largest absolute Gasteiger partial charge is 0.318 e. The maximum Gasteiger partial charge on any atom is 0.0107 e. The number of hydrogen-bond donors (Lipinski definition) is 1. The zero-order chi connectivity index (χ0) is 11.8. The predicted molar refractivity (Wildman–Crippen MR) is 69.3 cm³/mol. The summed E-state index contributed by atoms with van der Waals surface area (Å²) in [5.41, 5.74) is 0. The van der Waals surface area contributed by atoms with Gasteiger partial charge in [-0.2, -0.15) is 0 Å². The number of nitrogens with zero attached hydrogens (tertiary/aromatic N) is 1. The standard InChI is InChI=1S/C13H30N2/c1-11(2)9-13(10-12(3)4)15(6)8-7-14-5/h11-14H,7-10H2,1-6H3. The molecule has 0 aromatic heterocycles. The third-order valence-electron chi connectivity index (χ3n) is 2.82. The minimum Gasteiger partial charge on any atom is -0.318 e. The van der Waals surface area contributed by atoms with Crippen molar-refractivity contribution in [3.63, 3.8) is 0 Å². The molecule has 0 amide bonds. The van der Waals surface area contributed by atoms with Gasteiger partial charge in [-0.05, 0) is 38.8 Å². The van der Waals surface area contributed by atoms with Crippen LogP contribution in [0.1, 0.15) is 40.5 Å². The molecule has 0 aromatic rings. The minimum absolute atomic E-state index is 0.748. The van der Waals surface area contributed by atoms with E-state index in [4.69, 9.17) is 0 Å². The van der Waals surface area contributed by atoms with Crippen molar-refractivity contribution in [3.8, 4) is 0 Å². The lowest BCUT2D eigenvalue weighted by molar-refractivity contribution is 0.188. The van der Waals surface area contributed by atoms with E-state index in [0.29, 0.717) is 0 Å². The van der Waals surface area contributed by atoms with E-state index in [2.05, 4.69) is 45.0 Å². The molecule has 1 N–H and O–H groups in total. The van der Waals surface area contributed by atoms with E-state index >= 15 is 0 Å². The minimum atomic E-state index is 0.748. The number of rotatable bonds is 8. The first-order valence-corrected chi connectivity index (χ1v) is 6.32. The van der Waals surface area contributed by atoms with Gasteiger partial charge in [0.2, 0.25) is 0 Å². The van der Waals surface area contributed by atoms with Crippen LogP contribution < -0.4 is 5.32 Å². The lowest BCUT2D eigenvalue weighted by Crippen LogP contribution is -2.38. The maximum atomic E-state index is 3.22. The van der Waals surface area contributed by atoms with Gasteiger partial charge in [0.05, 0.1) is 0 Å². The highest BCUT2D eigenvalue weighted by atomic mass is 15.1.